The normalized spacial score (nSPS) is 20.8. The highest BCUT2D eigenvalue weighted by molar-refractivity contribution is 5.80. The second-order valence-corrected chi connectivity index (χ2v) is 8.28. The van der Waals surface area contributed by atoms with Crippen molar-refractivity contribution in [2.75, 3.05) is 19.8 Å². The number of ether oxygens (including phenoxy) is 1. The Kier molecular flexibility index (Phi) is 4.50. The van der Waals surface area contributed by atoms with Crippen LogP contribution in [0.3, 0.4) is 0 Å². The van der Waals surface area contributed by atoms with Gasteiger partial charge in [0.1, 0.15) is 0 Å². The number of H-pyrrole nitrogens is 1. The lowest BCUT2D eigenvalue weighted by Gasteiger charge is -2.48. The Morgan fingerprint density at radius 3 is 2.89 bits per heavy atom. The fourth-order valence-corrected chi connectivity index (χ4v) is 5.40. The average molecular weight is 383 g/mol. The van der Waals surface area contributed by atoms with Crippen molar-refractivity contribution >= 4 is 5.91 Å². The maximum absolute atomic E-state index is 13.5. The topological polar surface area (TPSA) is 76.0 Å². The number of hydrogen-bond acceptors (Lipinski definition) is 4. The number of amides is 1. The van der Waals surface area contributed by atoms with Crippen LogP contribution in [0.25, 0.3) is 0 Å². The summed E-state index contributed by atoms with van der Waals surface area (Å²) in [7, 11) is 0. The molecule has 0 radical (unpaired) electrons. The molecule has 1 N–H and O–H groups in total. The van der Waals surface area contributed by atoms with Crippen LogP contribution in [0, 0.1) is 0 Å². The Morgan fingerprint density at radius 2 is 2.07 bits per heavy atom. The molecule has 7 nitrogen and oxygen atoms in total. The minimum absolute atomic E-state index is 0.179. The maximum Gasteiger partial charge on any atom is 0.229 e. The first-order chi connectivity index (χ1) is 13.7. The zero-order valence-electron chi connectivity index (χ0n) is 16.7. The number of nitrogens with one attached hydrogen (secondary N) is 1. The Morgan fingerprint density at radius 1 is 1.25 bits per heavy atom. The van der Waals surface area contributed by atoms with Crippen molar-refractivity contribution in [3.05, 3.63) is 34.7 Å². The smallest absolute Gasteiger partial charge is 0.229 e. The molecule has 0 aromatic carbocycles. The summed E-state index contributed by atoms with van der Waals surface area (Å²) in [5, 5.41) is 7.69. The molecule has 3 aliphatic rings. The third kappa shape index (κ3) is 2.70. The lowest BCUT2D eigenvalue weighted by atomic mass is 9.80. The largest absolute Gasteiger partial charge is 0.381 e. The molecule has 0 atom stereocenters. The molecule has 150 valence electrons. The van der Waals surface area contributed by atoms with Crippen LogP contribution in [-0.4, -0.2) is 50.3 Å². The summed E-state index contributed by atoms with van der Waals surface area (Å²) in [6.45, 7) is 5.18. The van der Waals surface area contributed by atoms with Crippen molar-refractivity contribution in [1.29, 1.82) is 0 Å². The van der Waals surface area contributed by atoms with Crippen LogP contribution in [0.5, 0.6) is 0 Å². The average Bonchev–Trinajstić information content (AvgIpc) is 3.34. The van der Waals surface area contributed by atoms with E-state index in [1.54, 1.807) is 0 Å². The van der Waals surface area contributed by atoms with Crippen molar-refractivity contribution < 1.29 is 9.53 Å². The molecular weight excluding hydrogens is 354 g/mol. The highest BCUT2D eigenvalue weighted by Crippen LogP contribution is 2.42. The molecule has 1 amide bonds. The lowest BCUT2D eigenvalue weighted by molar-refractivity contribution is -0.143. The van der Waals surface area contributed by atoms with Gasteiger partial charge in [0.15, 0.2) is 0 Å². The van der Waals surface area contributed by atoms with E-state index in [1.165, 1.54) is 29.8 Å². The van der Waals surface area contributed by atoms with E-state index >= 15 is 0 Å². The molecule has 0 bridgehead atoms. The van der Waals surface area contributed by atoms with Gasteiger partial charge in [-0.2, -0.15) is 5.10 Å². The third-order valence-corrected chi connectivity index (χ3v) is 6.90. The van der Waals surface area contributed by atoms with Crippen LogP contribution in [-0.2, 0) is 47.3 Å². The molecule has 1 aliphatic carbocycles. The number of carbonyl (C=O) groups excluding carboxylic acids is 1. The molecular formula is C21H29N5O2. The highest BCUT2D eigenvalue weighted by atomic mass is 16.5. The van der Waals surface area contributed by atoms with Crippen LogP contribution in [0.2, 0.25) is 0 Å². The molecule has 1 fully saturated rings. The standard InChI is InChI=1S/C21H29N5O2/c1-2-25-14-22-20-18(25)7-10-26(21(20)8-11-28-12-9-21)19(27)13-17-15-5-3-4-6-16(15)23-24-17/h14H,2-13H2,1H3,(H,23,24). The molecule has 1 spiro atoms. The van der Waals surface area contributed by atoms with Crippen molar-refractivity contribution in [2.24, 2.45) is 0 Å². The number of aryl methyl sites for hydroxylation is 2. The molecule has 5 rings (SSSR count). The quantitative estimate of drug-likeness (QED) is 0.881. The van der Waals surface area contributed by atoms with E-state index < -0.39 is 0 Å². The van der Waals surface area contributed by atoms with Crippen molar-refractivity contribution in [2.45, 2.75) is 70.4 Å². The maximum atomic E-state index is 13.5. The first-order valence-electron chi connectivity index (χ1n) is 10.7. The number of fused-ring (bicyclic) bond motifs is 3. The van der Waals surface area contributed by atoms with Crippen LogP contribution in [0.1, 0.15) is 60.9 Å². The van der Waals surface area contributed by atoms with Crippen LogP contribution in [0.15, 0.2) is 6.33 Å². The van der Waals surface area contributed by atoms with Gasteiger partial charge in [-0.25, -0.2) is 4.98 Å². The van der Waals surface area contributed by atoms with Gasteiger partial charge in [0.05, 0.1) is 29.7 Å². The summed E-state index contributed by atoms with van der Waals surface area (Å²) < 4.78 is 7.90. The van der Waals surface area contributed by atoms with Gasteiger partial charge < -0.3 is 14.2 Å². The summed E-state index contributed by atoms with van der Waals surface area (Å²) in [6.07, 6.45) is 9.35. The van der Waals surface area contributed by atoms with E-state index in [0.29, 0.717) is 19.6 Å². The number of aromatic nitrogens is 4. The number of imidazole rings is 1. The zero-order valence-corrected chi connectivity index (χ0v) is 16.7. The number of aromatic amines is 1. The first kappa shape index (κ1) is 17.9. The summed E-state index contributed by atoms with van der Waals surface area (Å²) >= 11 is 0. The number of nitrogens with zero attached hydrogens (tertiary/aromatic N) is 4. The Labute approximate surface area is 165 Å². The fraction of sp³-hybridized carbons (Fsp3) is 0.667. The Balaban J connectivity index is 1.46. The molecule has 28 heavy (non-hydrogen) atoms. The van der Waals surface area contributed by atoms with E-state index in [4.69, 9.17) is 9.72 Å². The van der Waals surface area contributed by atoms with Crippen LogP contribution in [0.4, 0.5) is 0 Å². The number of rotatable bonds is 3. The van der Waals surface area contributed by atoms with Gasteiger partial charge in [0.25, 0.3) is 0 Å². The molecule has 2 aromatic rings. The SMILES string of the molecule is CCn1cnc2c1CCN(C(=O)Cc1n[nH]c3c1CCCC3)C21CCOCC1. The van der Waals surface area contributed by atoms with Gasteiger partial charge in [-0.15, -0.1) is 0 Å². The lowest BCUT2D eigenvalue weighted by Crippen LogP contribution is -2.56. The second-order valence-electron chi connectivity index (χ2n) is 8.28. The van der Waals surface area contributed by atoms with Crippen LogP contribution < -0.4 is 0 Å². The minimum Gasteiger partial charge on any atom is -0.381 e. The van der Waals surface area contributed by atoms with Crippen molar-refractivity contribution in [1.82, 2.24) is 24.6 Å². The molecule has 1 saturated heterocycles. The predicted molar refractivity (Wildman–Crippen MR) is 104 cm³/mol. The van der Waals surface area contributed by atoms with E-state index in [9.17, 15) is 4.79 Å². The number of carbonyl (C=O) groups is 1. The number of hydrogen-bond donors (Lipinski definition) is 1. The molecule has 4 heterocycles. The van der Waals surface area contributed by atoms with Gasteiger partial charge in [0, 0.05) is 44.1 Å². The Hall–Kier alpha value is -2.15. The summed E-state index contributed by atoms with van der Waals surface area (Å²) in [5.41, 5.74) is 5.55. The monoisotopic (exact) mass is 383 g/mol. The molecule has 2 aliphatic heterocycles. The predicted octanol–water partition coefficient (Wildman–Crippen LogP) is 2.14. The van der Waals surface area contributed by atoms with E-state index in [-0.39, 0.29) is 11.4 Å². The van der Waals surface area contributed by atoms with Crippen molar-refractivity contribution in [3.63, 3.8) is 0 Å². The Bertz CT molecular complexity index is 877. The first-order valence-corrected chi connectivity index (χ1v) is 10.7. The third-order valence-electron chi connectivity index (χ3n) is 6.90. The van der Waals surface area contributed by atoms with Gasteiger partial charge in [-0.1, -0.05) is 0 Å². The fourth-order valence-electron chi connectivity index (χ4n) is 5.40. The highest BCUT2D eigenvalue weighted by Gasteiger charge is 2.48. The molecule has 0 saturated carbocycles. The summed E-state index contributed by atoms with van der Waals surface area (Å²) in [6, 6.07) is 0. The van der Waals surface area contributed by atoms with Gasteiger partial charge >= 0.3 is 0 Å². The van der Waals surface area contributed by atoms with Crippen molar-refractivity contribution in [3.8, 4) is 0 Å². The van der Waals surface area contributed by atoms with Gasteiger partial charge in [-0.05, 0) is 51.0 Å². The summed E-state index contributed by atoms with van der Waals surface area (Å²) in [5.74, 6) is 0.179. The van der Waals surface area contributed by atoms with Crippen LogP contribution >= 0.6 is 0 Å². The molecule has 0 unspecified atom stereocenters. The minimum atomic E-state index is -0.320. The van der Waals surface area contributed by atoms with E-state index in [1.807, 2.05) is 6.33 Å². The van der Waals surface area contributed by atoms with Gasteiger partial charge in [-0.3, -0.25) is 9.89 Å². The molecule has 2 aromatic heterocycles. The zero-order chi connectivity index (χ0) is 19.1. The van der Waals surface area contributed by atoms with Gasteiger partial charge in [0.2, 0.25) is 5.91 Å². The van der Waals surface area contributed by atoms with E-state index in [2.05, 4.69) is 26.6 Å². The molecule has 7 heteroatoms. The second kappa shape index (κ2) is 7.03. The summed E-state index contributed by atoms with van der Waals surface area (Å²) in [4.78, 5) is 20.4. The van der Waals surface area contributed by atoms with E-state index in [0.717, 1.165) is 56.6 Å².